The molecule has 0 unspecified atom stereocenters. The Hall–Kier alpha value is -1.65. The monoisotopic (exact) mass is 153 g/mol. The van der Waals surface area contributed by atoms with Crippen molar-refractivity contribution in [2.45, 2.75) is 0 Å². The number of hydrogen-bond acceptors (Lipinski definition) is 2. The molecule has 0 aromatic carbocycles. The fourth-order valence-electron chi connectivity index (χ4n) is 0.917. The van der Waals surface area contributed by atoms with Crippen molar-refractivity contribution in [1.82, 2.24) is 14.6 Å². The number of rotatable bonds is 0. The summed E-state index contributed by atoms with van der Waals surface area (Å²) in [6.07, 6.45) is 0.631. The Morgan fingerprint density at radius 3 is 3.27 bits per heavy atom. The summed E-state index contributed by atoms with van der Waals surface area (Å²) in [4.78, 5) is 12.8. The molecule has 0 saturated carbocycles. The molecular weight excluding hydrogens is 149 g/mol. The lowest BCUT2D eigenvalue weighted by Crippen LogP contribution is -2.13. The Kier molecular flexibility index (Phi) is 1.06. The molecule has 0 saturated heterocycles. The van der Waals surface area contributed by atoms with Crippen LogP contribution >= 0.6 is 0 Å². The molecule has 0 bridgehead atoms. The number of fused-ring (bicyclic) bond motifs is 1. The van der Waals surface area contributed by atoms with Crippen LogP contribution in [0, 0.1) is 6.08 Å². The Balaban J connectivity index is 3.02. The first-order valence-electron chi connectivity index (χ1n) is 3.00. The fraction of sp³-hybridized carbons (Fsp3) is 0. The highest BCUT2D eigenvalue weighted by Gasteiger charge is 1.99. The van der Waals surface area contributed by atoms with Crippen LogP contribution < -0.4 is 5.56 Å². The van der Waals surface area contributed by atoms with E-state index in [-0.39, 0.29) is 0 Å². The summed E-state index contributed by atoms with van der Waals surface area (Å²) in [5, 5.41) is 3.39. The van der Waals surface area contributed by atoms with Gasteiger partial charge in [-0.2, -0.15) is 4.39 Å². The number of aromatic nitrogens is 3. The number of hydrogen-bond donors (Lipinski definition) is 1. The van der Waals surface area contributed by atoms with Gasteiger partial charge in [0.1, 0.15) is 5.52 Å². The van der Waals surface area contributed by atoms with Crippen LogP contribution in [-0.4, -0.2) is 14.6 Å². The second-order valence-electron chi connectivity index (χ2n) is 2.08. The van der Waals surface area contributed by atoms with Gasteiger partial charge < -0.3 is 0 Å². The first-order chi connectivity index (χ1) is 5.27. The number of nitrogens with zero attached hydrogens (tertiary/aromatic N) is 2. The lowest BCUT2D eigenvalue weighted by molar-refractivity contribution is 0.507. The van der Waals surface area contributed by atoms with Crippen molar-refractivity contribution in [2.75, 3.05) is 0 Å². The lowest BCUT2D eigenvalue weighted by atomic mass is 10.5. The van der Waals surface area contributed by atoms with Gasteiger partial charge in [-0.25, -0.2) is 4.52 Å². The van der Waals surface area contributed by atoms with Crippen molar-refractivity contribution in [2.24, 2.45) is 0 Å². The Morgan fingerprint density at radius 1 is 1.64 bits per heavy atom. The van der Waals surface area contributed by atoms with Crippen LogP contribution in [0.2, 0.25) is 0 Å². The van der Waals surface area contributed by atoms with E-state index in [9.17, 15) is 9.18 Å². The first kappa shape index (κ1) is 6.09. The average Bonchev–Trinajstić information content (AvgIpc) is 2.34. The predicted molar refractivity (Wildman–Crippen MR) is 35.8 cm³/mol. The molecule has 11 heavy (non-hydrogen) atoms. The van der Waals surface area contributed by atoms with Gasteiger partial charge in [0.2, 0.25) is 0 Å². The van der Waals surface area contributed by atoms with E-state index in [1.165, 1.54) is 10.7 Å². The average molecular weight is 153 g/mol. The zero-order valence-corrected chi connectivity index (χ0v) is 5.41. The van der Waals surface area contributed by atoms with E-state index in [1.807, 2.05) is 4.98 Å². The molecule has 0 radical (unpaired) electrons. The van der Waals surface area contributed by atoms with Crippen molar-refractivity contribution < 1.29 is 4.39 Å². The Bertz CT molecular complexity index is 444. The maximum absolute atomic E-state index is 12.4. The number of halogens is 1. The summed E-state index contributed by atoms with van der Waals surface area (Å²) in [5.41, 5.74) is -0.131. The fourth-order valence-corrected chi connectivity index (χ4v) is 0.917. The maximum Gasteiger partial charge on any atom is 0.306 e. The third kappa shape index (κ3) is 0.813. The van der Waals surface area contributed by atoms with Crippen LogP contribution in [0.1, 0.15) is 0 Å². The smallest absolute Gasteiger partial charge is 0.279 e. The second-order valence-corrected chi connectivity index (χ2v) is 2.08. The molecule has 2 rings (SSSR count). The summed E-state index contributed by atoms with van der Waals surface area (Å²) in [5.74, 6) is 0. The second kappa shape index (κ2) is 1.91. The van der Waals surface area contributed by atoms with E-state index >= 15 is 0 Å². The van der Waals surface area contributed by atoms with Gasteiger partial charge in [0.15, 0.2) is 0 Å². The summed E-state index contributed by atoms with van der Waals surface area (Å²) >= 11 is 0. The zero-order chi connectivity index (χ0) is 7.84. The molecule has 0 amide bonds. The highest BCUT2D eigenvalue weighted by Crippen LogP contribution is 1.93. The molecule has 0 aliphatic heterocycles. The van der Waals surface area contributed by atoms with Gasteiger partial charge >= 0.3 is 6.08 Å². The largest absolute Gasteiger partial charge is 0.306 e. The molecule has 56 valence electrons. The van der Waals surface area contributed by atoms with Crippen molar-refractivity contribution in [1.29, 1.82) is 0 Å². The van der Waals surface area contributed by atoms with Crippen LogP contribution in [0.25, 0.3) is 5.52 Å². The van der Waals surface area contributed by atoms with Crippen LogP contribution in [0.5, 0.6) is 0 Å². The van der Waals surface area contributed by atoms with E-state index in [0.717, 1.165) is 0 Å². The van der Waals surface area contributed by atoms with E-state index in [0.29, 0.717) is 5.52 Å². The van der Waals surface area contributed by atoms with E-state index in [4.69, 9.17) is 0 Å². The minimum Gasteiger partial charge on any atom is -0.279 e. The van der Waals surface area contributed by atoms with Crippen molar-refractivity contribution in [3.05, 3.63) is 34.8 Å². The molecule has 0 atom stereocenters. The van der Waals surface area contributed by atoms with Gasteiger partial charge in [0.25, 0.3) is 5.56 Å². The van der Waals surface area contributed by atoms with E-state index < -0.39 is 11.6 Å². The zero-order valence-electron chi connectivity index (χ0n) is 5.41. The van der Waals surface area contributed by atoms with Gasteiger partial charge in [-0.15, -0.1) is 5.10 Å². The molecule has 0 fully saturated rings. The van der Waals surface area contributed by atoms with Gasteiger partial charge in [-0.3, -0.25) is 9.78 Å². The van der Waals surface area contributed by atoms with Crippen LogP contribution in [0.3, 0.4) is 0 Å². The molecule has 0 spiro atoms. The SMILES string of the molecule is O=c1[nH]c(F)nn2cccc12. The maximum atomic E-state index is 12.4. The first-order valence-corrected chi connectivity index (χ1v) is 3.00. The number of H-pyrrole nitrogens is 1. The molecule has 4 nitrogen and oxygen atoms in total. The topological polar surface area (TPSA) is 50.2 Å². The third-order valence-electron chi connectivity index (χ3n) is 1.37. The van der Waals surface area contributed by atoms with Gasteiger partial charge in [-0.1, -0.05) is 0 Å². The molecule has 2 heterocycles. The molecule has 0 aliphatic carbocycles. The van der Waals surface area contributed by atoms with Crippen molar-refractivity contribution >= 4 is 5.52 Å². The molecular formula is C6H4FN3O. The number of nitrogens with one attached hydrogen (secondary N) is 1. The summed E-state index contributed by atoms with van der Waals surface area (Å²) < 4.78 is 13.6. The standard InChI is InChI=1S/C6H4FN3O/c7-6-8-5(11)4-2-1-3-10(4)9-6/h1-3H,(H,8,9,11). The summed E-state index contributed by atoms with van der Waals surface area (Å²) in [7, 11) is 0. The molecule has 2 aromatic heterocycles. The lowest BCUT2D eigenvalue weighted by Gasteiger charge is -1.90. The third-order valence-corrected chi connectivity index (χ3v) is 1.37. The van der Waals surface area contributed by atoms with Crippen LogP contribution in [-0.2, 0) is 0 Å². The van der Waals surface area contributed by atoms with E-state index in [2.05, 4.69) is 5.10 Å². The summed E-state index contributed by atoms with van der Waals surface area (Å²) in [6.45, 7) is 0. The molecule has 2 aromatic rings. The normalized spacial score (nSPS) is 10.6. The van der Waals surface area contributed by atoms with Crippen LogP contribution in [0.15, 0.2) is 23.1 Å². The van der Waals surface area contributed by atoms with Crippen molar-refractivity contribution in [3.63, 3.8) is 0 Å². The molecule has 1 N–H and O–H groups in total. The number of aromatic amines is 1. The quantitative estimate of drug-likeness (QED) is 0.586. The van der Waals surface area contributed by atoms with Crippen LogP contribution in [0.4, 0.5) is 4.39 Å². The van der Waals surface area contributed by atoms with Gasteiger partial charge in [-0.05, 0) is 12.1 Å². The highest BCUT2D eigenvalue weighted by atomic mass is 19.1. The minimum absolute atomic E-state index is 0.339. The predicted octanol–water partition coefficient (Wildman–Crippen LogP) is 0.162. The Morgan fingerprint density at radius 2 is 2.45 bits per heavy atom. The molecule has 0 aliphatic rings. The highest BCUT2D eigenvalue weighted by molar-refractivity contribution is 5.42. The van der Waals surface area contributed by atoms with Gasteiger partial charge in [0, 0.05) is 6.20 Å². The van der Waals surface area contributed by atoms with E-state index in [1.54, 1.807) is 12.1 Å². The summed E-state index contributed by atoms with van der Waals surface area (Å²) in [6, 6.07) is 3.18. The van der Waals surface area contributed by atoms with Gasteiger partial charge in [0.05, 0.1) is 0 Å². The molecule has 5 heteroatoms. The minimum atomic E-state index is -0.876. The van der Waals surface area contributed by atoms with Crippen molar-refractivity contribution in [3.8, 4) is 0 Å². The Labute approximate surface area is 60.3 Å².